The molecule has 1 N–H and O–H groups in total. The lowest BCUT2D eigenvalue weighted by atomic mass is 9.96. The molecule has 1 unspecified atom stereocenters. The van der Waals surface area contributed by atoms with E-state index in [0.29, 0.717) is 18.5 Å². The Balaban J connectivity index is 1.82. The van der Waals surface area contributed by atoms with E-state index in [4.69, 9.17) is 9.47 Å². The van der Waals surface area contributed by atoms with Crippen LogP contribution in [0.15, 0.2) is 42.6 Å². The SMILES string of the molecule is COC(=O)c1ncc(-c2ccccc2)cc1NC(=O)CN(CC1CCN(C)C(=O)C1)C(=O)OC(C)(C)C. The van der Waals surface area contributed by atoms with Gasteiger partial charge in [-0.1, -0.05) is 30.3 Å². The Labute approximate surface area is 216 Å². The van der Waals surface area contributed by atoms with Gasteiger partial charge in [0.25, 0.3) is 0 Å². The molecular weight excluding hydrogens is 476 g/mol. The van der Waals surface area contributed by atoms with E-state index < -0.39 is 23.6 Å². The highest BCUT2D eigenvalue weighted by atomic mass is 16.6. The topological polar surface area (TPSA) is 118 Å². The van der Waals surface area contributed by atoms with Crippen LogP contribution >= 0.6 is 0 Å². The summed E-state index contributed by atoms with van der Waals surface area (Å²) in [5.41, 5.74) is 0.888. The Morgan fingerprint density at radius 3 is 2.49 bits per heavy atom. The maximum Gasteiger partial charge on any atom is 0.410 e. The molecule has 2 aromatic rings. The number of rotatable bonds is 7. The molecule has 1 atom stereocenters. The Kier molecular flexibility index (Phi) is 8.86. The molecular formula is C27H34N4O6. The number of carbonyl (C=O) groups excluding carboxylic acids is 4. The normalized spacial score (nSPS) is 15.6. The number of methoxy groups -OCH3 is 1. The lowest BCUT2D eigenvalue weighted by molar-refractivity contribution is -0.133. The highest BCUT2D eigenvalue weighted by molar-refractivity contribution is 6.01. The fourth-order valence-electron chi connectivity index (χ4n) is 3.97. The minimum atomic E-state index is -0.763. The van der Waals surface area contributed by atoms with Crippen molar-refractivity contribution in [2.24, 2.45) is 5.92 Å². The van der Waals surface area contributed by atoms with Gasteiger partial charge < -0.3 is 19.7 Å². The van der Waals surface area contributed by atoms with Gasteiger partial charge in [0.1, 0.15) is 12.1 Å². The predicted octanol–water partition coefficient (Wildman–Crippen LogP) is 3.58. The lowest BCUT2D eigenvalue weighted by Gasteiger charge is -2.33. The molecule has 3 amide bonds. The number of ether oxygens (including phenoxy) is 2. The number of likely N-dealkylation sites (tertiary alicyclic amines) is 1. The number of anilines is 1. The minimum Gasteiger partial charge on any atom is -0.464 e. The van der Waals surface area contributed by atoms with Crippen molar-refractivity contribution < 1.29 is 28.7 Å². The third-order valence-electron chi connectivity index (χ3n) is 5.87. The number of nitrogens with one attached hydrogen (secondary N) is 1. The zero-order valence-electron chi connectivity index (χ0n) is 21.9. The van der Waals surface area contributed by atoms with Gasteiger partial charge in [0.15, 0.2) is 5.69 Å². The Bertz CT molecular complexity index is 1150. The van der Waals surface area contributed by atoms with Crippen molar-refractivity contribution in [2.45, 2.75) is 39.2 Å². The first-order chi connectivity index (χ1) is 17.5. The quantitative estimate of drug-likeness (QED) is 0.566. The van der Waals surface area contributed by atoms with Gasteiger partial charge in [-0.25, -0.2) is 14.6 Å². The first-order valence-corrected chi connectivity index (χ1v) is 12.1. The van der Waals surface area contributed by atoms with Crippen LogP contribution in [0, 0.1) is 5.92 Å². The van der Waals surface area contributed by atoms with E-state index in [1.807, 2.05) is 30.3 Å². The fourth-order valence-corrected chi connectivity index (χ4v) is 3.97. The van der Waals surface area contributed by atoms with Crippen LogP contribution < -0.4 is 5.32 Å². The van der Waals surface area contributed by atoms with E-state index in [2.05, 4.69) is 10.3 Å². The number of benzene rings is 1. The molecule has 37 heavy (non-hydrogen) atoms. The number of nitrogens with zero attached hydrogens (tertiary/aromatic N) is 3. The lowest BCUT2D eigenvalue weighted by Crippen LogP contribution is -2.46. The molecule has 1 aromatic heterocycles. The number of carbonyl (C=O) groups is 4. The van der Waals surface area contributed by atoms with Gasteiger partial charge in [-0.2, -0.15) is 0 Å². The van der Waals surface area contributed by atoms with Crippen molar-refractivity contribution in [2.75, 3.05) is 39.1 Å². The van der Waals surface area contributed by atoms with Crippen LogP contribution in [0.1, 0.15) is 44.1 Å². The molecule has 1 aliphatic heterocycles. The van der Waals surface area contributed by atoms with Gasteiger partial charge in [-0.15, -0.1) is 0 Å². The van der Waals surface area contributed by atoms with Crippen molar-refractivity contribution in [3.8, 4) is 11.1 Å². The summed E-state index contributed by atoms with van der Waals surface area (Å²) >= 11 is 0. The molecule has 1 saturated heterocycles. The van der Waals surface area contributed by atoms with E-state index >= 15 is 0 Å². The van der Waals surface area contributed by atoms with Crippen molar-refractivity contribution in [3.05, 3.63) is 48.3 Å². The van der Waals surface area contributed by atoms with Crippen LogP contribution in [-0.4, -0.2) is 78.1 Å². The van der Waals surface area contributed by atoms with E-state index in [1.165, 1.54) is 18.2 Å². The van der Waals surface area contributed by atoms with Gasteiger partial charge in [0, 0.05) is 38.3 Å². The molecule has 10 heteroatoms. The largest absolute Gasteiger partial charge is 0.464 e. The molecule has 1 aliphatic rings. The van der Waals surface area contributed by atoms with E-state index in [1.54, 1.807) is 38.8 Å². The van der Waals surface area contributed by atoms with Crippen molar-refractivity contribution in [3.63, 3.8) is 0 Å². The number of esters is 1. The van der Waals surface area contributed by atoms with Gasteiger partial charge in [-0.05, 0) is 44.7 Å². The molecule has 2 heterocycles. The fraction of sp³-hybridized carbons (Fsp3) is 0.444. The highest BCUT2D eigenvalue weighted by Gasteiger charge is 2.30. The van der Waals surface area contributed by atoms with Crippen LogP contribution in [0.25, 0.3) is 11.1 Å². The number of hydrogen-bond donors (Lipinski definition) is 1. The zero-order valence-corrected chi connectivity index (χ0v) is 21.9. The maximum atomic E-state index is 13.1. The molecule has 0 spiro atoms. The van der Waals surface area contributed by atoms with Crippen LogP contribution in [0.5, 0.6) is 0 Å². The summed E-state index contributed by atoms with van der Waals surface area (Å²) < 4.78 is 10.3. The molecule has 0 saturated carbocycles. The third kappa shape index (κ3) is 7.77. The van der Waals surface area contributed by atoms with Crippen LogP contribution in [-0.2, 0) is 19.1 Å². The van der Waals surface area contributed by atoms with E-state index in [9.17, 15) is 19.2 Å². The second-order valence-electron chi connectivity index (χ2n) is 10.1. The summed E-state index contributed by atoms with van der Waals surface area (Å²) in [5.74, 6) is -1.35. The standard InChI is InChI=1S/C27H34N4O6/c1-27(2,3)37-26(35)31(16-18-11-12-30(4)23(33)13-18)17-22(32)29-21-14-20(19-9-7-6-8-10-19)15-28-24(21)25(34)36-5/h6-10,14-15,18H,11-13,16-17H2,1-5H3,(H,29,32). The average Bonchev–Trinajstić information content (AvgIpc) is 2.84. The smallest absolute Gasteiger partial charge is 0.410 e. The second-order valence-corrected chi connectivity index (χ2v) is 10.1. The Morgan fingerprint density at radius 1 is 1.16 bits per heavy atom. The third-order valence-corrected chi connectivity index (χ3v) is 5.87. The summed E-state index contributed by atoms with van der Waals surface area (Å²) in [7, 11) is 2.97. The Morgan fingerprint density at radius 2 is 1.86 bits per heavy atom. The van der Waals surface area contributed by atoms with Gasteiger partial charge in [0.2, 0.25) is 11.8 Å². The molecule has 0 radical (unpaired) electrons. The first-order valence-electron chi connectivity index (χ1n) is 12.1. The zero-order chi connectivity index (χ0) is 27.2. The molecule has 3 rings (SSSR count). The maximum absolute atomic E-state index is 13.1. The monoisotopic (exact) mass is 510 g/mol. The summed E-state index contributed by atoms with van der Waals surface area (Å²) in [6, 6.07) is 11.0. The molecule has 10 nitrogen and oxygen atoms in total. The van der Waals surface area contributed by atoms with E-state index in [0.717, 1.165) is 5.56 Å². The number of hydrogen-bond acceptors (Lipinski definition) is 7. The van der Waals surface area contributed by atoms with Crippen molar-refractivity contribution in [1.82, 2.24) is 14.8 Å². The van der Waals surface area contributed by atoms with Gasteiger partial charge in [-0.3, -0.25) is 14.5 Å². The van der Waals surface area contributed by atoms with Gasteiger partial charge in [0.05, 0.1) is 12.8 Å². The van der Waals surface area contributed by atoms with Crippen LogP contribution in [0.3, 0.4) is 0 Å². The number of pyridine rings is 1. The van der Waals surface area contributed by atoms with Crippen LogP contribution in [0.2, 0.25) is 0 Å². The molecule has 198 valence electrons. The highest BCUT2D eigenvalue weighted by Crippen LogP contribution is 2.25. The summed E-state index contributed by atoms with van der Waals surface area (Å²) in [5, 5.41) is 2.71. The van der Waals surface area contributed by atoms with Crippen molar-refractivity contribution >= 4 is 29.6 Å². The summed E-state index contributed by atoms with van der Waals surface area (Å²) in [6.07, 6.45) is 1.87. The van der Waals surface area contributed by atoms with Gasteiger partial charge >= 0.3 is 12.1 Å². The number of piperidine rings is 1. The summed E-state index contributed by atoms with van der Waals surface area (Å²) in [4.78, 5) is 57.8. The van der Waals surface area contributed by atoms with Crippen LogP contribution in [0.4, 0.5) is 10.5 Å². The summed E-state index contributed by atoms with van der Waals surface area (Å²) in [6.45, 7) is 5.67. The van der Waals surface area contributed by atoms with Crippen molar-refractivity contribution in [1.29, 1.82) is 0 Å². The number of aromatic nitrogens is 1. The molecule has 0 aliphatic carbocycles. The van der Waals surface area contributed by atoms with E-state index in [-0.39, 0.29) is 42.7 Å². The molecule has 1 aromatic carbocycles. The molecule has 0 bridgehead atoms. The molecule has 1 fully saturated rings. The Hall–Kier alpha value is -3.95. The number of amides is 3. The first kappa shape index (κ1) is 27.6. The minimum absolute atomic E-state index is 0.00337. The predicted molar refractivity (Wildman–Crippen MR) is 138 cm³/mol. The average molecular weight is 511 g/mol. The second kappa shape index (κ2) is 11.9.